The van der Waals surface area contributed by atoms with Crippen LogP contribution in [0, 0.1) is 11.3 Å². The van der Waals surface area contributed by atoms with Crippen LogP contribution in [0.3, 0.4) is 0 Å². The van der Waals surface area contributed by atoms with E-state index in [4.69, 9.17) is 0 Å². The van der Waals surface area contributed by atoms with Gasteiger partial charge >= 0.3 is 0 Å². The molecule has 0 unspecified atom stereocenters. The maximum atomic E-state index is 9.81. The number of rotatable bonds is 2. The van der Waals surface area contributed by atoms with Gasteiger partial charge in [0.1, 0.15) is 5.41 Å². The zero-order valence-corrected chi connectivity index (χ0v) is 10.6. The number of aliphatic hydroxyl groups is 1. The van der Waals surface area contributed by atoms with Gasteiger partial charge in [0.05, 0.1) is 17.4 Å². The maximum absolute atomic E-state index is 9.81. The van der Waals surface area contributed by atoms with Crippen LogP contribution in [0.15, 0.2) is 18.3 Å². The van der Waals surface area contributed by atoms with E-state index in [2.05, 4.69) is 24.9 Å². The van der Waals surface area contributed by atoms with Gasteiger partial charge in [0, 0.05) is 19.0 Å². The molecule has 17 heavy (non-hydrogen) atoms. The van der Waals surface area contributed by atoms with Crippen LogP contribution in [-0.4, -0.2) is 15.7 Å². The van der Waals surface area contributed by atoms with Crippen molar-refractivity contribution in [3.8, 4) is 6.07 Å². The van der Waals surface area contributed by atoms with Crippen LogP contribution in [0.2, 0.25) is 0 Å². The highest BCUT2D eigenvalue weighted by Gasteiger charge is 2.53. The third-order valence-electron chi connectivity index (χ3n) is 3.52. The summed E-state index contributed by atoms with van der Waals surface area (Å²) >= 11 is 0. The van der Waals surface area contributed by atoms with E-state index in [-0.39, 0.29) is 0 Å². The van der Waals surface area contributed by atoms with Gasteiger partial charge in [-0.15, -0.1) is 0 Å². The number of hydrogen-bond acceptors (Lipinski definition) is 3. The average molecular weight is 230 g/mol. The van der Waals surface area contributed by atoms with E-state index >= 15 is 0 Å². The summed E-state index contributed by atoms with van der Waals surface area (Å²) in [5, 5.41) is 19.1. The highest BCUT2D eigenvalue weighted by atomic mass is 16.3. The highest BCUT2D eigenvalue weighted by Crippen LogP contribution is 2.49. The normalized spacial score (nSPS) is 32.0. The molecule has 1 heterocycles. The van der Waals surface area contributed by atoms with Crippen molar-refractivity contribution in [2.75, 3.05) is 0 Å². The molecule has 3 nitrogen and oxygen atoms in total. The van der Waals surface area contributed by atoms with Crippen LogP contribution >= 0.6 is 0 Å². The number of aromatic nitrogens is 1. The molecule has 0 atom stereocenters. The number of nitrogens with zero attached hydrogens (tertiary/aromatic N) is 2. The lowest BCUT2D eigenvalue weighted by Gasteiger charge is -2.46. The Labute approximate surface area is 102 Å². The average Bonchev–Trinajstić information content (AvgIpc) is 2.25. The zero-order chi connectivity index (χ0) is 12.7. The first-order chi connectivity index (χ1) is 7.88. The van der Waals surface area contributed by atoms with Crippen LogP contribution in [0.25, 0.3) is 0 Å². The Bertz CT molecular complexity index is 446. The zero-order valence-electron chi connectivity index (χ0n) is 10.6. The fourth-order valence-corrected chi connectivity index (χ4v) is 2.60. The minimum absolute atomic E-state index is 0.444. The van der Waals surface area contributed by atoms with Crippen molar-refractivity contribution in [2.45, 2.75) is 50.5 Å². The molecule has 0 spiro atoms. The molecule has 0 radical (unpaired) electrons. The van der Waals surface area contributed by atoms with Gasteiger partial charge in [-0.1, -0.05) is 19.9 Å². The molecule has 0 amide bonds. The van der Waals surface area contributed by atoms with Crippen molar-refractivity contribution in [1.82, 2.24) is 4.98 Å². The van der Waals surface area contributed by atoms with Crippen molar-refractivity contribution in [3.63, 3.8) is 0 Å². The van der Waals surface area contributed by atoms with E-state index in [1.54, 1.807) is 6.92 Å². The van der Waals surface area contributed by atoms with E-state index in [9.17, 15) is 10.4 Å². The Balaban J connectivity index is 2.26. The minimum Gasteiger partial charge on any atom is -0.390 e. The summed E-state index contributed by atoms with van der Waals surface area (Å²) in [6.07, 6.45) is 2.79. The van der Waals surface area contributed by atoms with E-state index in [0.717, 1.165) is 5.69 Å². The molecule has 1 aromatic rings. The van der Waals surface area contributed by atoms with Gasteiger partial charge in [-0.2, -0.15) is 5.26 Å². The van der Waals surface area contributed by atoms with Crippen LogP contribution in [0.4, 0.5) is 0 Å². The molecule has 1 saturated carbocycles. The predicted molar refractivity (Wildman–Crippen MR) is 65.5 cm³/mol. The van der Waals surface area contributed by atoms with Crippen molar-refractivity contribution < 1.29 is 5.11 Å². The molecule has 1 aliphatic rings. The molecule has 1 fully saturated rings. The molecule has 1 aliphatic carbocycles. The topological polar surface area (TPSA) is 56.9 Å². The van der Waals surface area contributed by atoms with E-state index in [1.807, 2.05) is 18.3 Å². The van der Waals surface area contributed by atoms with Crippen molar-refractivity contribution in [3.05, 3.63) is 29.6 Å². The molecular formula is C14H18N2O. The van der Waals surface area contributed by atoms with Gasteiger partial charge in [-0.05, 0) is 24.5 Å². The summed E-state index contributed by atoms with van der Waals surface area (Å²) in [5.41, 5.74) is 0.663. The molecular weight excluding hydrogens is 212 g/mol. The first-order valence-corrected chi connectivity index (χ1v) is 5.99. The second kappa shape index (κ2) is 3.82. The van der Waals surface area contributed by atoms with Gasteiger partial charge in [-0.3, -0.25) is 4.98 Å². The van der Waals surface area contributed by atoms with E-state index in [0.29, 0.717) is 18.8 Å². The Morgan fingerprint density at radius 1 is 1.41 bits per heavy atom. The molecule has 90 valence electrons. The van der Waals surface area contributed by atoms with Gasteiger partial charge in [0.15, 0.2) is 0 Å². The van der Waals surface area contributed by atoms with Gasteiger partial charge in [0.25, 0.3) is 0 Å². The number of hydrogen-bond donors (Lipinski definition) is 1. The SMILES string of the molecule is CC(C)c1ccc(C2(C#N)CC(C)(O)C2)nc1. The summed E-state index contributed by atoms with van der Waals surface area (Å²) in [6.45, 7) is 6.00. The largest absolute Gasteiger partial charge is 0.390 e. The molecule has 0 saturated heterocycles. The Kier molecular flexibility index (Phi) is 2.71. The van der Waals surface area contributed by atoms with Crippen molar-refractivity contribution in [2.24, 2.45) is 0 Å². The molecule has 3 heteroatoms. The smallest absolute Gasteiger partial charge is 0.105 e. The Morgan fingerprint density at radius 2 is 2.06 bits per heavy atom. The summed E-state index contributed by atoms with van der Waals surface area (Å²) < 4.78 is 0. The molecule has 0 aromatic carbocycles. The lowest BCUT2D eigenvalue weighted by Crippen LogP contribution is -2.52. The molecule has 0 aliphatic heterocycles. The summed E-state index contributed by atoms with van der Waals surface area (Å²) in [5.74, 6) is 0.444. The Hall–Kier alpha value is -1.40. The predicted octanol–water partition coefficient (Wildman–Crippen LogP) is 2.51. The van der Waals surface area contributed by atoms with Crippen LogP contribution in [0.1, 0.15) is 50.8 Å². The molecule has 1 N–H and O–H groups in total. The molecule has 1 aromatic heterocycles. The highest BCUT2D eigenvalue weighted by molar-refractivity contribution is 5.35. The van der Waals surface area contributed by atoms with E-state index in [1.165, 1.54) is 5.56 Å². The second-order valence-electron chi connectivity index (χ2n) is 5.68. The first-order valence-electron chi connectivity index (χ1n) is 5.99. The van der Waals surface area contributed by atoms with E-state index < -0.39 is 11.0 Å². The second-order valence-corrected chi connectivity index (χ2v) is 5.68. The lowest BCUT2D eigenvalue weighted by molar-refractivity contribution is -0.0569. The van der Waals surface area contributed by atoms with Crippen LogP contribution < -0.4 is 0 Å². The summed E-state index contributed by atoms with van der Waals surface area (Å²) in [4.78, 5) is 4.40. The maximum Gasteiger partial charge on any atom is 0.105 e. The first kappa shape index (κ1) is 12.1. The fourth-order valence-electron chi connectivity index (χ4n) is 2.60. The van der Waals surface area contributed by atoms with Gasteiger partial charge in [-0.25, -0.2) is 0 Å². The third kappa shape index (κ3) is 2.05. The van der Waals surface area contributed by atoms with Gasteiger partial charge in [0.2, 0.25) is 0 Å². The van der Waals surface area contributed by atoms with Crippen molar-refractivity contribution in [1.29, 1.82) is 5.26 Å². The number of nitriles is 1. The Morgan fingerprint density at radius 3 is 2.41 bits per heavy atom. The number of pyridine rings is 1. The van der Waals surface area contributed by atoms with Crippen LogP contribution in [-0.2, 0) is 5.41 Å². The van der Waals surface area contributed by atoms with Gasteiger partial charge < -0.3 is 5.11 Å². The summed E-state index contributed by atoms with van der Waals surface area (Å²) in [7, 11) is 0. The standard InChI is InChI=1S/C14H18N2O/c1-10(2)11-4-5-12(16-6-11)14(9-15)7-13(3,17)8-14/h4-6,10,17H,7-8H2,1-3H3. The molecule has 2 rings (SSSR count). The lowest BCUT2D eigenvalue weighted by atomic mass is 9.59. The van der Waals surface area contributed by atoms with Crippen molar-refractivity contribution >= 4 is 0 Å². The quantitative estimate of drug-likeness (QED) is 0.849. The summed E-state index contributed by atoms with van der Waals surface area (Å²) in [6, 6.07) is 6.26. The van der Waals surface area contributed by atoms with Crippen LogP contribution in [0.5, 0.6) is 0 Å². The molecule has 0 bridgehead atoms. The monoisotopic (exact) mass is 230 g/mol. The third-order valence-corrected chi connectivity index (χ3v) is 3.52. The fraction of sp³-hybridized carbons (Fsp3) is 0.571. The minimum atomic E-state index is -0.714.